The maximum Gasteiger partial charge on any atom is 0.138 e. The Hall–Kier alpha value is -1.14. The molecule has 2 aromatic heterocycles. The standard InChI is InChI=1S/C12H15BrN4S/c1-8(2)16-10-5-11(15-7-14-10)17(3)12-4-9(13)6-18-12/h4-8H,1-3H3,(H,14,15,16). The highest BCUT2D eigenvalue weighted by molar-refractivity contribution is 9.10. The molecule has 0 bridgehead atoms. The average molecular weight is 327 g/mol. The van der Waals surface area contributed by atoms with Crippen molar-refractivity contribution in [3.63, 3.8) is 0 Å². The van der Waals surface area contributed by atoms with Gasteiger partial charge in [-0.1, -0.05) is 0 Å². The Morgan fingerprint density at radius 1 is 1.33 bits per heavy atom. The maximum atomic E-state index is 4.30. The summed E-state index contributed by atoms with van der Waals surface area (Å²) < 4.78 is 1.09. The molecule has 0 aliphatic heterocycles. The van der Waals surface area contributed by atoms with E-state index in [0.29, 0.717) is 6.04 Å². The molecular weight excluding hydrogens is 312 g/mol. The number of rotatable bonds is 4. The van der Waals surface area contributed by atoms with Gasteiger partial charge in [0.2, 0.25) is 0 Å². The van der Waals surface area contributed by atoms with E-state index >= 15 is 0 Å². The van der Waals surface area contributed by atoms with Crippen molar-refractivity contribution in [2.24, 2.45) is 0 Å². The number of hydrogen-bond donors (Lipinski definition) is 1. The SMILES string of the molecule is CC(C)Nc1cc(N(C)c2cc(Br)cs2)ncn1. The number of hydrogen-bond acceptors (Lipinski definition) is 5. The molecule has 2 aromatic rings. The summed E-state index contributed by atoms with van der Waals surface area (Å²) in [6.07, 6.45) is 1.58. The molecule has 1 N–H and O–H groups in total. The number of nitrogens with one attached hydrogen (secondary N) is 1. The van der Waals surface area contributed by atoms with E-state index in [4.69, 9.17) is 0 Å². The number of anilines is 3. The van der Waals surface area contributed by atoms with Crippen molar-refractivity contribution in [1.29, 1.82) is 0 Å². The minimum absolute atomic E-state index is 0.355. The van der Waals surface area contributed by atoms with Crippen LogP contribution >= 0.6 is 27.3 Å². The Morgan fingerprint density at radius 3 is 2.72 bits per heavy atom. The molecule has 0 atom stereocenters. The third-order valence-electron chi connectivity index (χ3n) is 2.32. The second-order valence-electron chi connectivity index (χ2n) is 4.22. The topological polar surface area (TPSA) is 41.0 Å². The van der Waals surface area contributed by atoms with Crippen molar-refractivity contribution in [3.8, 4) is 0 Å². The Morgan fingerprint density at radius 2 is 2.11 bits per heavy atom. The van der Waals surface area contributed by atoms with Crippen LogP contribution < -0.4 is 10.2 Å². The van der Waals surface area contributed by atoms with E-state index < -0.39 is 0 Å². The maximum absolute atomic E-state index is 4.30. The van der Waals surface area contributed by atoms with Crippen LogP contribution in [0.5, 0.6) is 0 Å². The van der Waals surface area contributed by atoms with Crippen molar-refractivity contribution >= 4 is 43.9 Å². The molecule has 0 amide bonds. The minimum atomic E-state index is 0.355. The zero-order valence-electron chi connectivity index (χ0n) is 10.5. The normalized spacial score (nSPS) is 10.7. The van der Waals surface area contributed by atoms with E-state index in [1.165, 1.54) is 0 Å². The van der Waals surface area contributed by atoms with Gasteiger partial charge in [-0.3, -0.25) is 0 Å². The summed E-state index contributed by atoms with van der Waals surface area (Å²) in [6.45, 7) is 4.17. The molecule has 4 nitrogen and oxygen atoms in total. The molecule has 0 aliphatic carbocycles. The lowest BCUT2D eigenvalue weighted by Gasteiger charge is -2.17. The first-order valence-corrected chi connectivity index (χ1v) is 7.30. The smallest absolute Gasteiger partial charge is 0.138 e. The van der Waals surface area contributed by atoms with E-state index in [-0.39, 0.29) is 0 Å². The molecule has 2 rings (SSSR count). The number of halogens is 1. The molecule has 0 saturated heterocycles. The molecule has 0 unspecified atom stereocenters. The van der Waals surface area contributed by atoms with Crippen LogP contribution in [0.3, 0.4) is 0 Å². The van der Waals surface area contributed by atoms with Gasteiger partial charge in [0.1, 0.15) is 18.0 Å². The van der Waals surface area contributed by atoms with Gasteiger partial charge >= 0.3 is 0 Å². The first kappa shape index (κ1) is 13.3. The second-order valence-corrected chi connectivity index (χ2v) is 6.03. The van der Waals surface area contributed by atoms with Crippen LogP contribution in [0.15, 0.2) is 28.3 Å². The largest absolute Gasteiger partial charge is 0.368 e. The Labute approximate surface area is 119 Å². The van der Waals surface area contributed by atoms with Crippen LogP contribution in [-0.4, -0.2) is 23.1 Å². The quantitative estimate of drug-likeness (QED) is 0.925. The van der Waals surface area contributed by atoms with Crippen molar-refractivity contribution in [1.82, 2.24) is 9.97 Å². The number of nitrogens with zero attached hydrogens (tertiary/aromatic N) is 3. The highest BCUT2D eigenvalue weighted by atomic mass is 79.9. The summed E-state index contributed by atoms with van der Waals surface area (Å²) in [7, 11) is 2.00. The van der Waals surface area contributed by atoms with Gasteiger partial charge in [0.15, 0.2) is 0 Å². The van der Waals surface area contributed by atoms with E-state index in [1.54, 1.807) is 17.7 Å². The number of aromatic nitrogens is 2. The molecule has 18 heavy (non-hydrogen) atoms. The first-order valence-electron chi connectivity index (χ1n) is 5.62. The van der Waals surface area contributed by atoms with Crippen LogP contribution in [0, 0.1) is 0 Å². The van der Waals surface area contributed by atoms with E-state index in [0.717, 1.165) is 21.1 Å². The summed E-state index contributed by atoms with van der Waals surface area (Å²) in [5, 5.41) is 6.46. The molecule has 0 radical (unpaired) electrons. The monoisotopic (exact) mass is 326 g/mol. The lowest BCUT2D eigenvalue weighted by Crippen LogP contribution is -2.14. The number of thiophene rings is 1. The first-order chi connectivity index (χ1) is 8.56. The molecular formula is C12H15BrN4S. The summed E-state index contributed by atoms with van der Waals surface area (Å²) >= 11 is 5.13. The third-order valence-corrected chi connectivity index (χ3v) is 4.08. The zero-order chi connectivity index (χ0) is 13.1. The van der Waals surface area contributed by atoms with Crippen LogP contribution in [0.4, 0.5) is 16.6 Å². The van der Waals surface area contributed by atoms with Crippen LogP contribution in [-0.2, 0) is 0 Å². The van der Waals surface area contributed by atoms with Gasteiger partial charge in [-0.25, -0.2) is 9.97 Å². The minimum Gasteiger partial charge on any atom is -0.368 e. The second kappa shape index (κ2) is 5.67. The van der Waals surface area contributed by atoms with Crippen molar-refractivity contribution in [3.05, 3.63) is 28.3 Å². The van der Waals surface area contributed by atoms with Gasteiger partial charge in [-0.05, 0) is 35.8 Å². The molecule has 0 saturated carbocycles. The van der Waals surface area contributed by atoms with Gasteiger partial charge in [0.05, 0.1) is 5.00 Å². The van der Waals surface area contributed by atoms with Gasteiger partial charge < -0.3 is 10.2 Å². The van der Waals surface area contributed by atoms with Gasteiger partial charge in [0.25, 0.3) is 0 Å². The Kier molecular flexibility index (Phi) is 4.19. The van der Waals surface area contributed by atoms with Crippen LogP contribution in [0.2, 0.25) is 0 Å². The fourth-order valence-electron chi connectivity index (χ4n) is 1.50. The third kappa shape index (κ3) is 3.20. The van der Waals surface area contributed by atoms with Crippen molar-refractivity contribution in [2.75, 3.05) is 17.3 Å². The van der Waals surface area contributed by atoms with Gasteiger partial charge in [0, 0.05) is 29.0 Å². The summed E-state index contributed by atoms with van der Waals surface area (Å²) in [5.41, 5.74) is 0. The van der Waals surface area contributed by atoms with Crippen LogP contribution in [0.25, 0.3) is 0 Å². The highest BCUT2D eigenvalue weighted by Gasteiger charge is 2.09. The summed E-state index contributed by atoms with van der Waals surface area (Å²) in [5.74, 6) is 1.72. The molecule has 96 valence electrons. The fourth-order valence-corrected chi connectivity index (χ4v) is 2.89. The fraction of sp³-hybridized carbons (Fsp3) is 0.333. The van der Waals surface area contributed by atoms with Gasteiger partial charge in [-0.2, -0.15) is 0 Å². The predicted octanol–water partition coefficient (Wildman–Crippen LogP) is 3.89. The Bertz CT molecular complexity index is 526. The Balaban J connectivity index is 2.22. The molecule has 0 aliphatic rings. The molecule has 0 aromatic carbocycles. The van der Waals surface area contributed by atoms with Crippen molar-refractivity contribution < 1.29 is 0 Å². The van der Waals surface area contributed by atoms with Gasteiger partial charge in [-0.15, -0.1) is 11.3 Å². The molecule has 0 spiro atoms. The highest BCUT2D eigenvalue weighted by Crippen LogP contribution is 2.31. The molecule has 0 fully saturated rings. The van der Waals surface area contributed by atoms with E-state index in [9.17, 15) is 0 Å². The molecule has 6 heteroatoms. The van der Waals surface area contributed by atoms with Crippen LogP contribution in [0.1, 0.15) is 13.8 Å². The van der Waals surface area contributed by atoms with Crippen molar-refractivity contribution in [2.45, 2.75) is 19.9 Å². The van der Waals surface area contributed by atoms with E-state index in [2.05, 4.69) is 56.5 Å². The average Bonchev–Trinajstić information content (AvgIpc) is 2.74. The van der Waals surface area contributed by atoms with E-state index in [1.807, 2.05) is 18.0 Å². The summed E-state index contributed by atoms with van der Waals surface area (Å²) in [6, 6.07) is 4.38. The lowest BCUT2D eigenvalue weighted by molar-refractivity contribution is 0.885. The zero-order valence-corrected chi connectivity index (χ0v) is 12.9. The summed E-state index contributed by atoms with van der Waals surface area (Å²) in [4.78, 5) is 10.5. The molecule has 2 heterocycles. The lowest BCUT2D eigenvalue weighted by atomic mass is 10.4. The predicted molar refractivity (Wildman–Crippen MR) is 80.9 cm³/mol.